The first kappa shape index (κ1) is 18.8. The standard InChI is InChI=1S/C21H23FN4OS/c1-14-6-7-16-20(21(14)22)17(24-9-8-23)12-19(25-16)26-10-11-28(27)18-5-3-2-4-15(18)13-26/h2-7,12H,8-11,13,23H2,1H3,(H,24,25). The first-order valence-corrected chi connectivity index (χ1v) is 10.7. The molecule has 1 atom stereocenters. The molecule has 0 saturated carbocycles. The molecule has 0 aliphatic carbocycles. The van der Waals surface area contributed by atoms with Gasteiger partial charge in [-0.1, -0.05) is 24.3 Å². The maximum Gasteiger partial charge on any atom is 0.137 e. The summed E-state index contributed by atoms with van der Waals surface area (Å²) in [6.45, 7) is 3.97. The zero-order chi connectivity index (χ0) is 19.7. The van der Waals surface area contributed by atoms with Gasteiger partial charge < -0.3 is 16.0 Å². The van der Waals surface area contributed by atoms with Gasteiger partial charge in [-0.05, 0) is 30.2 Å². The van der Waals surface area contributed by atoms with Crippen LogP contribution in [-0.4, -0.2) is 34.6 Å². The monoisotopic (exact) mass is 398 g/mol. The van der Waals surface area contributed by atoms with Crippen LogP contribution >= 0.6 is 0 Å². The second kappa shape index (κ2) is 7.85. The van der Waals surface area contributed by atoms with Crippen LogP contribution in [0.1, 0.15) is 11.1 Å². The fourth-order valence-corrected chi connectivity index (χ4v) is 4.79. The number of hydrogen-bond acceptors (Lipinski definition) is 5. The second-order valence-corrected chi connectivity index (χ2v) is 8.45. The quantitative estimate of drug-likeness (QED) is 0.706. The van der Waals surface area contributed by atoms with Gasteiger partial charge >= 0.3 is 0 Å². The van der Waals surface area contributed by atoms with Gasteiger partial charge in [-0.25, -0.2) is 9.37 Å². The van der Waals surface area contributed by atoms with E-state index >= 15 is 0 Å². The predicted molar refractivity (Wildman–Crippen MR) is 113 cm³/mol. The number of nitrogens with zero attached hydrogens (tertiary/aromatic N) is 2. The highest BCUT2D eigenvalue weighted by Crippen LogP contribution is 2.32. The van der Waals surface area contributed by atoms with E-state index in [-0.39, 0.29) is 5.82 Å². The minimum absolute atomic E-state index is 0.265. The summed E-state index contributed by atoms with van der Waals surface area (Å²) in [6.07, 6.45) is 0. The molecule has 1 aromatic heterocycles. The Labute approximate surface area is 166 Å². The van der Waals surface area contributed by atoms with Crippen molar-refractivity contribution in [2.45, 2.75) is 18.4 Å². The summed E-state index contributed by atoms with van der Waals surface area (Å²) in [5, 5.41) is 3.72. The Kier molecular flexibility index (Phi) is 5.28. The van der Waals surface area contributed by atoms with Crippen molar-refractivity contribution in [3.05, 3.63) is 59.4 Å². The highest BCUT2D eigenvalue weighted by atomic mass is 32.2. The lowest BCUT2D eigenvalue weighted by molar-refractivity contribution is 0.630. The Morgan fingerprint density at radius 2 is 2.11 bits per heavy atom. The summed E-state index contributed by atoms with van der Waals surface area (Å²) in [5.41, 5.74) is 8.54. The number of aryl methyl sites for hydroxylation is 1. The summed E-state index contributed by atoms with van der Waals surface area (Å²) >= 11 is 0. The molecule has 5 nitrogen and oxygen atoms in total. The van der Waals surface area contributed by atoms with Crippen molar-refractivity contribution in [2.75, 3.05) is 35.6 Å². The van der Waals surface area contributed by atoms with Crippen LogP contribution in [0.4, 0.5) is 15.9 Å². The Hall–Kier alpha value is -2.51. The lowest BCUT2D eigenvalue weighted by Gasteiger charge is -2.23. The van der Waals surface area contributed by atoms with Gasteiger partial charge in [-0.2, -0.15) is 0 Å². The van der Waals surface area contributed by atoms with Gasteiger partial charge in [0, 0.05) is 42.9 Å². The van der Waals surface area contributed by atoms with Crippen LogP contribution in [0, 0.1) is 12.7 Å². The third kappa shape index (κ3) is 3.47. The van der Waals surface area contributed by atoms with E-state index < -0.39 is 10.8 Å². The molecule has 0 saturated heterocycles. The lowest BCUT2D eigenvalue weighted by atomic mass is 10.1. The van der Waals surface area contributed by atoms with Crippen LogP contribution in [0.3, 0.4) is 0 Å². The molecular weight excluding hydrogens is 375 g/mol. The number of hydrogen-bond donors (Lipinski definition) is 2. The van der Waals surface area contributed by atoms with E-state index in [1.807, 2.05) is 36.4 Å². The molecule has 0 bridgehead atoms. The first-order valence-electron chi connectivity index (χ1n) is 9.33. The predicted octanol–water partition coefficient (Wildman–Crippen LogP) is 3.18. The Balaban J connectivity index is 1.80. The highest BCUT2D eigenvalue weighted by Gasteiger charge is 2.21. The maximum atomic E-state index is 14.8. The van der Waals surface area contributed by atoms with Crippen molar-refractivity contribution in [2.24, 2.45) is 5.73 Å². The lowest BCUT2D eigenvalue weighted by Crippen LogP contribution is -2.26. The van der Waals surface area contributed by atoms with E-state index in [0.717, 1.165) is 16.3 Å². The van der Waals surface area contributed by atoms with Gasteiger partial charge in [0.1, 0.15) is 11.6 Å². The summed E-state index contributed by atoms with van der Waals surface area (Å²) in [6, 6.07) is 13.3. The molecular formula is C21H23FN4OS. The van der Waals surface area contributed by atoms with Gasteiger partial charge in [0.15, 0.2) is 0 Å². The molecule has 0 spiro atoms. The molecule has 0 amide bonds. The van der Waals surface area contributed by atoms with E-state index in [2.05, 4.69) is 10.2 Å². The van der Waals surface area contributed by atoms with Crippen molar-refractivity contribution < 1.29 is 8.60 Å². The topological polar surface area (TPSA) is 71.2 Å². The second-order valence-electron chi connectivity index (χ2n) is 6.91. The Bertz CT molecular complexity index is 1060. The molecule has 3 aromatic rings. The number of nitrogens with two attached hydrogens (primary N) is 1. The zero-order valence-electron chi connectivity index (χ0n) is 15.7. The number of aromatic nitrogens is 1. The first-order chi connectivity index (χ1) is 13.6. The Morgan fingerprint density at radius 3 is 2.93 bits per heavy atom. The average molecular weight is 399 g/mol. The number of pyridine rings is 1. The number of anilines is 2. The van der Waals surface area contributed by atoms with Crippen molar-refractivity contribution in [1.82, 2.24) is 4.98 Å². The molecule has 3 N–H and O–H groups in total. The fraction of sp³-hybridized carbons (Fsp3) is 0.286. The molecule has 1 aliphatic heterocycles. The van der Waals surface area contributed by atoms with Crippen LogP contribution in [0.2, 0.25) is 0 Å². The van der Waals surface area contributed by atoms with Gasteiger partial charge in [-0.15, -0.1) is 0 Å². The van der Waals surface area contributed by atoms with Crippen LogP contribution < -0.4 is 16.0 Å². The minimum atomic E-state index is -1.03. The number of rotatable bonds is 4. The van der Waals surface area contributed by atoms with Crippen molar-refractivity contribution >= 4 is 33.2 Å². The molecule has 7 heteroatoms. The molecule has 2 heterocycles. The van der Waals surface area contributed by atoms with Crippen LogP contribution in [0.25, 0.3) is 10.9 Å². The van der Waals surface area contributed by atoms with E-state index in [1.165, 1.54) is 0 Å². The van der Waals surface area contributed by atoms with Gasteiger partial charge in [0.05, 0.1) is 27.4 Å². The summed E-state index contributed by atoms with van der Waals surface area (Å²) < 4.78 is 27.4. The summed E-state index contributed by atoms with van der Waals surface area (Å²) in [4.78, 5) is 7.71. The molecule has 0 fully saturated rings. The van der Waals surface area contributed by atoms with Crippen molar-refractivity contribution in [3.63, 3.8) is 0 Å². The van der Waals surface area contributed by atoms with E-state index in [9.17, 15) is 8.60 Å². The third-order valence-corrected chi connectivity index (χ3v) is 6.44. The SMILES string of the molecule is Cc1ccc2nc(N3CCS(=O)c4ccccc4C3)cc(NCCN)c2c1F. The zero-order valence-corrected chi connectivity index (χ0v) is 16.6. The average Bonchev–Trinajstić information content (AvgIpc) is 2.88. The van der Waals surface area contributed by atoms with Crippen LogP contribution in [0.5, 0.6) is 0 Å². The van der Waals surface area contributed by atoms with Crippen molar-refractivity contribution in [3.8, 4) is 0 Å². The number of nitrogens with one attached hydrogen (secondary N) is 1. The molecule has 1 aliphatic rings. The normalized spacial score (nSPS) is 16.7. The van der Waals surface area contributed by atoms with Crippen LogP contribution in [-0.2, 0) is 17.3 Å². The van der Waals surface area contributed by atoms with Gasteiger partial charge in [-0.3, -0.25) is 4.21 Å². The van der Waals surface area contributed by atoms with E-state index in [1.54, 1.807) is 13.0 Å². The summed E-state index contributed by atoms with van der Waals surface area (Å²) in [7, 11) is -1.03. The number of halogens is 1. The maximum absolute atomic E-state index is 14.8. The third-order valence-electron chi connectivity index (χ3n) is 5.00. The van der Waals surface area contributed by atoms with Crippen molar-refractivity contribution in [1.29, 1.82) is 0 Å². The Morgan fingerprint density at radius 1 is 1.29 bits per heavy atom. The summed E-state index contributed by atoms with van der Waals surface area (Å²) in [5.74, 6) is 1.01. The molecule has 4 rings (SSSR count). The molecule has 146 valence electrons. The largest absolute Gasteiger partial charge is 0.383 e. The van der Waals surface area contributed by atoms with E-state index in [4.69, 9.17) is 10.7 Å². The van der Waals surface area contributed by atoms with E-state index in [0.29, 0.717) is 54.1 Å². The minimum Gasteiger partial charge on any atom is -0.383 e. The smallest absolute Gasteiger partial charge is 0.137 e. The van der Waals surface area contributed by atoms with Crippen LogP contribution in [0.15, 0.2) is 47.4 Å². The molecule has 1 unspecified atom stereocenters. The fourth-order valence-electron chi connectivity index (χ4n) is 3.52. The highest BCUT2D eigenvalue weighted by molar-refractivity contribution is 7.85. The van der Waals surface area contributed by atoms with Gasteiger partial charge in [0.2, 0.25) is 0 Å². The molecule has 28 heavy (non-hydrogen) atoms. The van der Waals surface area contributed by atoms with Gasteiger partial charge in [0.25, 0.3) is 0 Å². The number of fused-ring (bicyclic) bond motifs is 2. The molecule has 2 aromatic carbocycles. The number of benzene rings is 2. The molecule has 0 radical (unpaired) electrons.